The molecule has 4 aromatic carbocycles. The second-order valence-electron chi connectivity index (χ2n) is 12.6. The summed E-state index contributed by atoms with van der Waals surface area (Å²) in [6.07, 6.45) is 9.68. The number of aryl methyl sites for hydroxylation is 6. The molecule has 4 heteroatoms. The van der Waals surface area contributed by atoms with E-state index >= 15 is 0 Å². The van der Waals surface area contributed by atoms with Crippen LogP contribution in [0.1, 0.15) is 59.7 Å². The summed E-state index contributed by atoms with van der Waals surface area (Å²) in [7, 11) is 0. The highest BCUT2D eigenvalue weighted by Gasteiger charge is 2.14. The van der Waals surface area contributed by atoms with Crippen LogP contribution in [-0.2, 0) is 0 Å². The first kappa shape index (κ1) is 33.9. The standard InChI is InChI=1S/C20H20N2.C18H18N2.C4H10/c1-5-17-12-15(3)19(16(4)13-17)22-11-10-21-20(22)18-9-7-6-8-14(18)2;1-13-11-14(2)17(15(3)12-13)20-10-9-19-18(20)16-7-5-4-6-8-16;1-4(2)3/h5-13H,1H2,2-4H3;4-12H,1-3H3;4H,1-3H3. The van der Waals surface area contributed by atoms with E-state index in [1.165, 1.54) is 50.3 Å². The highest BCUT2D eigenvalue weighted by Crippen LogP contribution is 2.29. The van der Waals surface area contributed by atoms with Gasteiger partial charge in [-0.2, -0.15) is 0 Å². The fraction of sp³-hybridized carbons (Fsp3) is 0.238. The molecular formula is C42H48N4. The molecule has 2 heterocycles. The predicted molar refractivity (Wildman–Crippen MR) is 197 cm³/mol. The van der Waals surface area contributed by atoms with Gasteiger partial charge in [0.2, 0.25) is 0 Å². The summed E-state index contributed by atoms with van der Waals surface area (Å²) in [5, 5.41) is 0. The SMILES string of the molecule is C=Cc1cc(C)c(-n2ccnc2-c2ccccc2C)c(C)c1.CC(C)C.Cc1cc(C)c(-n2ccnc2-c2ccccc2)c(C)c1. The lowest BCUT2D eigenvalue weighted by molar-refractivity contribution is 0.737. The summed E-state index contributed by atoms with van der Waals surface area (Å²) in [6, 6.07) is 27.4. The lowest BCUT2D eigenvalue weighted by Gasteiger charge is -2.16. The van der Waals surface area contributed by atoms with E-state index < -0.39 is 0 Å². The monoisotopic (exact) mass is 608 g/mol. The second-order valence-corrected chi connectivity index (χ2v) is 12.6. The van der Waals surface area contributed by atoms with Gasteiger partial charge in [-0.25, -0.2) is 9.97 Å². The van der Waals surface area contributed by atoms with E-state index in [4.69, 9.17) is 0 Å². The van der Waals surface area contributed by atoms with Crippen LogP contribution in [0, 0.1) is 47.5 Å². The Morgan fingerprint density at radius 1 is 0.587 bits per heavy atom. The third-order valence-electron chi connectivity index (χ3n) is 7.57. The number of nitrogens with zero attached hydrogens (tertiary/aromatic N) is 4. The molecule has 236 valence electrons. The minimum atomic E-state index is 0.833. The molecule has 4 nitrogen and oxygen atoms in total. The van der Waals surface area contributed by atoms with Crippen molar-refractivity contribution in [3.05, 3.63) is 149 Å². The van der Waals surface area contributed by atoms with E-state index in [0.717, 1.165) is 28.7 Å². The minimum Gasteiger partial charge on any atom is -0.299 e. The van der Waals surface area contributed by atoms with Crippen molar-refractivity contribution in [2.75, 3.05) is 0 Å². The van der Waals surface area contributed by atoms with E-state index in [9.17, 15) is 0 Å². The van der Waals surface area contributed by atoms with Crippen molar-refractivity contribution >= 4 is 6.08 Å². The molecule has 6 rings (SSSR count). The third-order valence-corrected chi connectivity index (χ3v) is 7.57. The largest absolute Gasteiger partial charge is 0.299 e. The van der Waals surface area contributed by atoms with Crippen molar-refractivity contribution in [1.29, 1.82) is 0 Å². The first-order valence-electron chi connectivity index (χ1n) is 16.0. The number of rotatable bonds is 5. The van der Waals surface area contributed by atoms with Gasteiger partial charge in [0.25, 0.3) is 0 Å². The summed E-state index contributed by atoms with van der Waals surface area (Å²) in [5.41, 5.74) is 13.4. The molecule has 0 amide bonds. The molecule has 0 unspecified atom stereocenters. The van der Waals surface area contributed by atoms with Gasteiger partial charge in [-0.15, -0.1) is 0 Å². The predicted octanol–water partition coefficient (Wildman–Crippen LogP) is 11.2. The van der Waals surface area contributed by atoms with E-state index in [1.807, 2.05) is 49.1 Å². The van der Waals surface area contributed by atoms with Gasteiger partial charge in [0.1, 0.15) is 11.6 Å². The van der Waals surface area contributed by atoms with Crippen molar-refractivity contribution in [2.45, 2.75) is 62.3 Å². The fourth-order valence-electron chi connectivity index (χ4n) is 5.83. The molecule has 0 N–H and O–H groups in total. The Labute approximate surface area is 276 Å². The van der Waals surface area contributed by atoms with Crippen LogP contribution in [0.15, 0.2) is 110 Å². The normalized spacial score (nSPS) is 10.6. The van der Waals surface area contributed by atoms with Crippen molar-refractivity contribution in [3.63, 3.8) is 0 Å². The molecule has 46 heavy (non-hydrogen) atoms. The van der Waals surface area contributed by atoms with Crippen LogP contribution in [0.25, 0.3) is 40.2 Å². The van der Waals surface area contributed by atoms with E-state index in [1.54, 1.807) is 0 Å². The maximum atomic E-state index is 4.59. The maximum Gasteiger partial charge on any atom is 0.144 e. The Balaban J connectivity index is 0.000000188. The van der Waals surface area contributed by atoms with Crippen LogP contribution >= 0.6 is 0 Å². The summed E-state index contributed by atoms with van der Waals surface area (Å²) >= 11 is 0. The van der Waals surface area contributed by atoms with Crippen LogP contribution in [0.4, 0.5) is 0 Å². The number of hydrogen-bond acceptors (Lipinski definition) is 2. The Morgan fingerprint density at radius 2 is 1.04 bits per heavy atom. The molecule has 0 atom stereocenters. The summed E-state index contributed by atoms with van der Waals surface area (Å²) in [5.74, 6) is 2.80. The van der Waals surface area contributed by atoms with Gasteiger partial charge in [0, 0.05) is 35.9 Å². The zero-order chi connectivity index (χ0) is 33.4. The van der Waals surface area contributed by atoms with E-state index in [0.29, 0.717) is 0 Å². The lowest BCUT2D eigenvalue weighted by atomic mass is 10.0. The Bertz CT molecular complexity index is 1850. The van der Waals surface area contributed by atoms with Gasteiger partial charge in [0.15, 0.2) is 0 Å². The third kappa shape index (κ3) is 8.00. The number of hydrogen-bond donors (Lipinski definition) is 0. The van der Waals surface area contributed by atoms with Crippen LogP contribution in [0.5, 0.6) is 0 Å². The van der Waals surface area contributed by atoms with Crippen molar-refractivity contribution in [3.8, 4) is 34.2 Å². The number of imidazole rings is 2. The van der Waals surface area contributed by atoms with Gasteiger partial charge in [-0.1, -0.05) is 106 Å². The van der Waals surface area contributed by atoms with Crippen LogP contribution < -0.4 is 0 Å². The quantitative estimate of drug-likeness (QED) is 0.195. The molecule has 0 saturated carbocycles. The summed E-state index contributed by atoms with van der Waals surface area (Å²) in [6.45, 7) is 23.2. The molecule has 0 fully saturated rings. The lowest BCUT2D eigenvalue weighted by Crippen LogP contribution is -2.03. The zero-order valence-corrected chi connectivity index (χ0v) is 29.0. The summed E-state index contributed by atoms with van der Waals surface area (Å²) in [4.78, 5) is 9.12. The van der Waals surface area contributed by atoms with Crippen LogP contribution in [-0.4, -0.2) is 19.1 Å². The molecule has 0 radical (unpaired) electrons. The van der Waals surface area contributed by atoms with Crippen LogP contribution in [0.2, 0.25) is 0 Å². The average molecular weight is 609 g/mol. The molecule has 0 aliphatic rings. The summed E-state index contributed by atoms with van der Waals surface area (Å²) < 4.78 is 4.36. The highest BCUT2D eigenvalue weighted by atomic mass is 15.1. The van der Waals surface area contributed by atoms with Gasteiger partial charge >= 0.3 is 0 Å². The smallest absolute Gasteiger partial charge is 0.144 e. The van der Waals surface area contributed by atoms with Gasteiger partial charge < -0.3 is 0 Å². The van der Waals surface area contributed by atoms with Crippen molar-refractivity contribution in [2.24, 2.45) is 5.92 Å². The molecular weight excluding hydrogens is 560 g/mol. The molecule has 6 aromatic rings. The number of benzene rings is 4. The molecule has 0 aliphatic heterocycles. The van der Waals surface area contributed by atoms with Gasteiger partial charge in [-0.3, -0.25) is 9.13 Å². The highest BCUT2D eigenvalue weighted by molar-refractivity contribution is 5.66. The topological polar surface area (TPSA) is 35.6 Å². The van der Waals surface area contributed by atoms with Gasteiger partial charge in [0.05, 0.1) is 11.4 Å². The van der Waals surface area contributed by atoms with E-state index in [-0.39, 0.29) is 0 Å². The van der Waals surface area contributed by atoms with Crippen LogP contribution in [0.3, 0.4) is 0 Å². The first-order chi connectivity index (χ1) is 22.0. The molecule has 2 aromatic heterocycles. The van der Waals surface area contributed by atoms with Gasteiger partial charge in [-0.05, 0) is 93.0 Å². The molecule has 0 saturated heterocycles. The Hall–Kier alpha value is -4.96. The Kier molecular flexibility index (Phi) is 11.3. The molecule has 0 aliphatic carbocycles. The maximum absolute atomic E-state index is 4.59. The number of aromatic nitrogens is 4. The average Bonchev–Trinajstić information content (AvgIpc) is 3.68. The van der Waals surface area contributed by atoms with Crippen molar-refractivity contribution in [1.82, 2.24) is 19.1 Å². The molecule has 0 spiro atoms. The zero-order valence-electron chi connectivity index (χ0n) is 29.0. The Morgan fingerprint density at radius 3 is 1.57 bits per heavy atom. The fourth-order valence-corrected chi connectivity index (χ4v) is 5.83. The minimum absolute atomic E-state index is 0.833. The molecule has 0 bridgehead atoms. The second kappa shape index (κ2) is 15.4. The first-order valence-corrected chi connectivity index (χ1v) is 16.0. The van der Waals surface area contributed by atoms with Crippen molar-refractivity contribution < 1.29 is 0 Å². The van der Waals surface area contributed by atoms with E-state index in [2.05, 4.69) is 149 Å².